The van der Waals surface area contributed by atoms with Gasteiger partial charge in [-0.15, -0.1) is 0 Å². The van der Waals surface area contributed by atoms with Gasteiger partial charge >= 0.3 is 0 Å². The molecule has 0 N–H and O–H groups in total. The van der Waals surface area contributed by atoms with E-state index in [1.54, 1.807) is 12.1 Å². The molecule has 0 atom stereocenters. The maximum absolute atomic E-state index is 14.5. The Morgan fingerprint density at radius 2 is 1.66 bits per heavy atom. The molecular formula is C28H24F2N4O5S2. The first-order chi connectivity index (χ1) is 19.2. The second-order valence-corrected chi connectivity index (χ2v) is 14.0. The van der Waals surface area contributed by atoms with E-state index >= 15 is 0 Å². The number of aromatic nitrogens is 3. The van der Waals surface area contributed by atoms with Crippen molar-refractivity contribution in [3.05, 3.63) is 101 Å². The molecule has 0 unspecified atom stereocenters. The van der Waals surface area contributed by atoms with Gasteiger partial charge < -0.3 is 9.30 Å². The van der Waals surface area contributed by atoms with Crippen LogP contribution in [0.4, 0.5) is 14.5 Å². The zero-order valence-electron chi connectivity index (χ0n) is 22.3. The van der Waals surface area contributed by atoms with Crippen LogP contribution in [0.25, 0.3) is 22.0 Å². The molecule has 3 heterocycles. The zero-order chi connectivity index (χ0) is 29.7. The fourth-order valence-corrected chi connectivity index (χ4v) is 6.20. The highest BCUT2D eigenvalue weighted by Crippen LogP contribution is 2.38. The van der Waals surface area contributed by atoms with E-state index in [-0.39, 0.29) is 38.7 Å². The monoisotopic (exact) mass is 598 g/mol. The normalized spacial score (nSPS) is 12.0. The van der Waals surface area contributed by atoms with Crippen molar-refractivity contribution >= 4 is 36.3 Å². The van der Waals surface area contributed by atoms with Gasteiger partial charge in [-0.05, 0) is 43.3 Å². The molecule has 5 aromatic rings. The summed E-state index contributed by atoms with van der Waals surface area (Å²) in [5, 5.41) is 0.237. The van der Waals surface area contributed by atoms with Crippen LogP contribution in [-0.4, -0.2) is 38.7 Å². The standard InChI is InChI=1S/C28H24F2N4O5S2/c1-17-5-8-20(9-6-17)41(37,38)34-12-11-21-23(16-33(2)28(35)26(21)34)22-14-19(32-40(3,4)36)15-31-27(22)39-25-10-7-18(29)13-24(25)30/h5-16H,1-4H3. The van der Waals surface area contributed by atoms with E-state index in [1.165, 1.54) is 67.0 Å². The number of halogens is 2. The lowest BCUT2D eigenvalue weighted by Crippen LogP contribution is -2.22. The third kappa shape index (κ3) is 5.50. The van der Waals surface area contributed by atoms with Crippen molar-refractivity contribution in [1.82, 2.24) is 13.5 Å². The Kier molecular flexibility index (Phi) is 7.03. The average Bonchev–Trinajstić information content (AvgIpc) is 3.35. The van der Waals surface area contributed by atoms with Gasteiger partial charge in [0.25, 0.3) is 15.6 Å². The summed E-state index contributed by atoms with van der Waals surface area (Å²) in [6.07, 6.45) is 6.88. The van der Waals surface area contributed by atoms with Gasteiger partial charge in [-0.25, -0.2) is 30.4 Å². The van der Waals surface area contributed by atoms with Crippen LogP contribution in [0, 0.1) is 18.6 Å². The lowest BCUT2D eigenvalue weighted by molar-refractivity contribution is 0.425. The number of fused-ring (bicyclic) bond motifs is 1. The van der Waals surface area contributed by atoms with E-state index in [2.05, 4.69) is 9.35 Å². The van der Waals surface area contributed by atoms with Crippen LogP contribution in [-0.2, 0) is 26.8 Å². The summed E-state index contributed by atoms with van der Waals surface area (Å²) in [6.45, 7) is 1.82. The van der Waals surface area contributed by atoms with Gasteiger partial charge in [0.2, 0.25) is 5.88 Å². The van der Waals surface area contributed by atoms with Crippen LogP contribution in [0.5, 0.6) is 11.6 Å². The third-order valence-corrected chi connectivity index (χ3v) is 8.46. The van der Waals surface area contributed by atoms with Crippen LogP contribution >= 0.6 is 0 Å². The number of ether oxygens (including phenoxy) is 1. The summed E-state index contributed by atoms with van der Waals surface area (Å²) < 4.78 is 79.6. The Labute approximate surface area is 234 Å². The molecule has 0 aliphatic rings. The molecule has 13 heteroatoms. The minimum Gasteiger partial charge on any atom is -0.435 e. The molecule has 0 aliphatic carbocycles. The molecule has 0 amide bonds. The molecule has 0 radical (unpaired) electrons. The Balaban J connectivity index is 1.78. The Morgan fingerprint density at radius 1 is 0.951 bits per heavy atom. The summed E-state index contributed by atoms with van der Waals surface area (Å²) in [6, 6.07) is 11.9. The highest BCUT2D eigenvalue weighted by atomic mass is 32.2. The fraction of sp³-hybridized carbons (Fsp3) is 0.143. The van der Waals surface area contributed by atoms with E-state index in [4.69, 9.17) is 4.74 Å². The van der Waals surface area contributed by atoms with Crippen molar-refractivity contribution in [3.8, 4) is 22.8 Å². The van der Waals surface area contributed by atoms with Gasteiger partial charge in [-0.2, -0.15) is 4.36 Å². The molecule has 0 spiro atoms. The van der Waals surface area contributed by atoms with E-state index in [1.807, 2.05) is 6.92 Å². The Morgan fingerprint density at radius 3 is 2.32 bits per heavy atom. The zero-order valence-corrected chi connectivity index (χ0v) is 24.0. The Bertz CT molecular complexity index is 2120. The second-order valence-electron chi connectivity index (χ2n) is 9.65. The van der Waals surface area contributed by atoms with Crippen molar-refractivity contribution in [1.29, 1.82) is 0 Å². The molecule has 0 bridgehead atoms. The average molecular weight is 599 g/mol. The molecule has 0 fully saturated rings. The largest absolute Gasteiger partial charge is 0.435 e. The van der Waals surface area contributed by atoms with E-state index in [0.717, 1.165) is 21.7 Å². The summed E-state index contributed by atoms with van der Waals surface area (Å²) in [5.41, 5.74) is 0.851. The van der Waals surface area contributed by atoms with Crippen LogP contribution in [0.1, 0.15) is 5.56 Å². The molecule has 212 valence electrons. The maximum atomic E-state index is 14.5. The predicted octanol–water partition coefficient (Wildman–Crippen LogP) is 5.38. The smallest absolute Gasteiger partial charge is 0.275 e. The highest BCUT2D eigenvalue weighted by Gasteiger charge is 2.25. The van der Waals surface area contributed by atoms with E-state index in [0.29, 0.717) is 11.6 Å². The molecule has 41 heavy (non-hydrogen) atoms. The number of pyridine rings is 2. The molecule has 0 saturated heterocycles. The molecule has 5 rings (SSSR count). The van der Waals surface area contributed by atoms with Crippen LogP contribution < -0.4 is 10.3 Å². The Hall–Kier alpha value is -4.36. The van der Waals surface area contributed by atoms with Gasteiger partial charge in [0.05, 0.1) is 16.8 Å². The summed E-state index contributed by atoms with van der Waals surface area (Å²) >= 11 is 0. The molecule has 9 nitrogen and oxygen atoms in total. The first kappa shape index (κ1) is 28.2. The fourth-order valence-electron chi connectivity index (χ4n) is 4.25. The molecule has 2 aromatic carbocycles. The minimum atomic E-state index is -4.16. The van der Waals surface area contributed by atoms with Crippen molar-refractivity contribution in [3.63, 3.8) is 0 Å². The number of hydrogen-bond acceptors (Lipinski definition) is 7. The third-order valence-electron chi connectivity index (χ3n) is 6.12. The number of benzene rings is 2. The highest BCUT2D eigenvalue weighted by molar-refractivity contribution is 7.92. The van der Waals surface area contributed by atoms with Gasteiger partial charge in [-0.3, -0.25) is 4.79 Å². The molecule has 0 saturated carbocycles. The lowest BCUT2D eigenvalue weighted by atomic mass is 10.0. The van der Waals surface area contributed by atoms with Crippen molar-refractivity contribution in [2.75, 3.05) is 12.5 Å². The summed E-state index contributed by atoms with van der Waals surface area (Å²) in [5.74, 6) is -2.23. The van der Waals surface area contributed by atoms with Crippen LogP contribution in [0.2, 0.25) is 0 Å². The molecule has 3 aromatic heterocycles. The second kappa shape index (κ2) is 10.2. The number of rotatable bonds is 6. The summed E-state index contributed by atoms with van der Waals surface area (Å²) in [7, 11) is -5.32. The van der Waals surface area contributed by atoms with E-state index in [9.17, 15) is 26.2 Å². The van der Waals surface area contributed by atoms with Gasteiger partial charge in [0.15, 0.2) is 11.6 Å². The SMILES string of the molecule is Cc1ccc(S(=O)(=O)n2ccc3c(-c4cc(N=S(C)(C)=O)cnc4Oc4ccc(F)cc4F)cn(C)c(=O)c32)cc1. The minimum absolute atomic E-state index is 0.00743. The van der Waals surface area contributed by atoms with Gasteiger partial charge in [0, 0.05) is 64.3 Å². The number of nitrogens with zero attached hydrogens (tertiary/aromatic N) is 4. The van der Waals surface area contributed by atoms with Crippen molar-refractivity contribution in [2.24, 2.45) is 11.4 Å². The van der Waals surface area contributed by atoms with Crippen molar-refractivity contribution < 1.29 is 26.1 Å². The quantitative estimate of drug-likeness (QED) is 0.260. The van der Waals surface area contributed by atoms with Gasteiger partial charge in [-0.1, -0.05) is 17.7 Å². The summed E-state index contributed by atoms with van der Waals surface area (Å²) in [4.78, 5) is 17.6. The topological polar surface area (TPSA) is 113 Å². The molecule has 0 aliphatic heterocycles. The maximum Gasteiger partial charge on any atom is 0.275 e. The predicted molar refractivity (Wildman–Crippen MR) is 153 cm³/mol. The first-order valence-electron chi connectivity index (χ1n) is 12.1. The number of hydrogen-bond donors (Lipinski definition) is 0. The van der Waals surface area contributed by atoms with Crippen LogP contribution in [0.3, 0.4) is 0 Å². The van der Waals surface area contributed by atoms with E-state index < -0.39 is 36.9 Å². The van der Waals surface area contributed by atoms with Crippen LogP contribution in [0.15, 0.2) is 87.2 Å². The van der Waals surface area contributed by atoms with Crippen molar-refractivity contribution in [2.45, 2.75) is 11.8 Å². The van der Waals surface area contributed by atoms with Gasteiger partial charge in [0.1, 0.15) is 11.3 Å². The first-order valence-corrected chi connectivity index (χ1v) is 15.8. The molecular weight excluding hydrogens is 574 g/mol. The number of aryl methyl sites for hydroxylation is 2. The lowest BCUT2D eigenvalue weighted by Gasteiger charge is -2.14.